The van der Waals surface area contributed by atoms with Crippen molar-refractivity contribution in [3.05, 3.63) is 70.3 Å². The van der Waals surface area contributed by atoms with Gasteiger partial charge in [-0.05, 0) is 12.1 Å². The third-order valence-corrected chi connectivity index (χ3v) is 4.42. The highest BCUT2D eigenvalue weighted by molar-refractivity contribution is 5.58. The van der Waals surface area contributed by atoms with Crippen LogP contribution in [0.2, 0.25) is 0 Å². The molecule has 194 valence electrons. The molecule has 0 aromatic heterocycles. The van der Waals surface area contributed by atoms with Crippen molar-refractivity contribution in [3.8, 4) is 23.0 Å². The molecule has 0 saturated heterocycles. The van der Waals surface area contributed by atoms with Crippen molar-refractivity contribution in [2.24, 2.45) is 0 Å². The molecule has 0 fully saturated rings. The Morgan fingerprint density at radius 1 is 0.528 bits per heavy atom. The second-order valence-corrected chi connectivity index (χ2v) is 6.83. The molecule has 4 N–H and O–H groups in total. The summed E-state index contributed by atoms with van der Waals surface area (Å²) >= 11 is 0. The molecule has 0 aliphatic heterocycles. The van der Waals surface area contributed by atoms with E-state index in [0.717, 1.165) is 0 Å². The van der Waals surface area contributed by atoms with E-state index in [-0.39, 0.29) is 24.3 Å². The average Bonchev–Trinajstić information content (AvgIpc) is 2.76. The van der Waals surface area contributed by atoms with E-state index in [4.69, 9.17) is 11.5 Å². The maximum Gasteiger partial charge on any atom is 0.423 e. The van der Waals surface area contributed by atoms with Gasteiger partial charge in [-0.3, -0.25) is 0 Å². The number of rotatable bonds is 4. The first-order valence-corrected chi connectivity index (χ1v) is 8.98. The fraction of sp³-hybridized carbons (Fsp3) is 0.100. The van der Waals surface area contributed by atoms with E-state index in [0.29, 0.717) is 0 Å². The van der Waals surface area contributed by atoms with Gasteiger partial charge in [0.05, 0.1) is 16.9 Å². The second kappa shape index (κ2) is 8.91. The number of alkyl halides is 6. The normalized spacial score (nSPS) is 12.1. The average molecular weight is 536 g/mol. The molecule has 36 heavy (non-hydrogen) atoms. The topological polar surface area (TPSA) is 70.5 Å². The lowest BCUT2D eigenvalue weighted by Crippen LogP contribution is -2.16. The monoisotopic (exact) mass is 536 g/mol. The van der Waals surface area contributed by atoms with Gasteiger partial charge in [-0.15, -0.1) is 0 Å². The summed E-state index contributed by atoms with van der Waals surface area (Å²) in [6.45, 7) is 0. The van der Waals surface area contributed by atoms with E-state index in [9.17, 15) is 52.7 Å². The van der Waals surface area contributed by atoms with Gasteiger partial charge in [0.2, 0.25) is 11.6 Å². The Kier molecular flexibility index (Phi) is 6.59. The van der Waals surface area contributed by atoms with Gasteiger partial charge < -0.3 is 20.9 Å². The molecule has 3 aromatic rings. The minimum atomic E-state index is -5.84. The Bertz CT molecular complexity index is 1350. The second-order valence-electron chi connectivity index (χ2n) is 6.83. The predicted octanol–water partition coefficient (Wildman–Crippen LogP) is 7.31. The lowest BCUT2D eigenvalue weighted by molar-refractivity contribution is -0.145. The number of hydrogen-bond acceptors (Lipinski definition) is 4. The Balaban J connectivity index is 2.32. The molecule has 0 aliphatic rings. The first kappa shape index (κ1) is 26.6. The van der Waals surface area contributed by atoms with Crippen LogP contribution in [-0.2, 0) is 12.4 Å². The van der Waals surface area contributed by atoms with Crippen LogP contribution in [0.1, 0.15) is 11.1 Å². The number of hydrogen-bond donors (Lipinski definition) is 2. The van der Waals surface area contributed by atoms with Crippen molar-refractivity contribution in [2.75, 3.05) is 11.5 Å². The molecule has 0 unspecified atom stereocenters. The van der Waals surface area contributed by atoms with Crippen molar-refractivity contribution in [2.45, 2.75) is 12.4 Å². The summed E-state index contributed by atoms with van der Waals surface area (Å²) in [6.07, 6.45) is -11.5. The van der Waals surface area contributed by atoms with Gasteiger partial charge in [-0.1, -0.05) is 0 Å². The van der Waals surface area contributed by atoms with E-state index in [1.54, 1.807) is 0 Å². The standard InChI is InChI=1S/C20H8F12N2O2/c21-12-6(33)3-9(14(23)16(12)25)35-8-2-1-5(19(27,28)29)18(11(8)20(30,31)32)36-10-4-7(34)13(22)17(26)15(10)24/h1-4H,33-34H2. The van der Waals surface area contributed by atoms with Gasteiger partial charge in [-0.25, -0.2) is 17.6 Å². The molecule has 0 saturated carbocycles. The van der Waals surface area contributed by atoms with Crippen LogP contribution in [0.5, 0.6) is 23.0 Å². The summed E-state index contributed by atoms with van der Waals surface area (Å²) < 4.78 is 173. The fourth-order valence-electron chi connectivity index (χ4n) is 2.82. The van der Waals surface area contributed by atoms with E-state index >= 15 is 0 Å². The van der Waals surface area contributed by atoms with E-state index in [1.165, 1.54) is 0 Å². The van der Waals surface area contributed by atoms with Crippen LogP contribution >= 0.6 is 0 Å². The third-order valence-electron chi connectivity index (χ3n) is 4.42. The maximum atomic E-state index is 14.1. The van der Waals surface area contributed by atoms with Crippen molar-refractivity contribution in [1.29, 1.82) is 0 Å². The van der Waals surface area contributed by atoms with Gasteiger partial charge in [0.25, 0.3) is 0 Å². The molecule has 0 atom stereocenters. The Hall–Kier alpha value is -3.98. The molecular weight excluding hydrogens is 528 g/mol. The van der Waals surface area contributed by atoms with Crippen LogP contribution in [0.15, 0.2) is 24.3 Å². The molecule has 16 heteroatoms. The van der Waals surface area contributed by atoms with Gasteiger partial charge in [0.1, 0.15) is 11.3 Å². The van der Waals surface area contributed by atoms with Gasteiger partial charge in [-0.2, -0.15) is 35.1 Å². The molecule has 0 spiro atoms. The SMILES string of the molecule is Nc1cc(Oc2ccc(C(F)(F)F)c(Oc3cc(N)c(F)c(F)c3F)c2C(F)(F)F)c(F)c(F)c1F. The van der Waals surface area contributed by atoms with Crippen LogP contribution < -0.4 is 20.9 Å². The van der Waals surface area contributed by atoms with Crippen LogP contribution in [0.4, 0.5) is 64.1 Å². The predicted molar refractivity (Wildman–Crippen MR) is 98.1 cm³/mol. The van der Waals surface area contributed by atoms with Crippen LogP contribution in [0, 0.1) is 34.9 Å². The summed E-state index contributed by atoms with van der Waals surface area (Å²) in [5, 5.41) is 0. The molecule has 0 heterocycles. The van der Waals surface area contributed by atoms with Crippen molar-refractivity contribution in [1.82, 2.24) is 0 Å². The van der Waals surface area contributed by atoms with E-state index in [1.807, 2.05) is 0 Å². The molecule has 3 aromatic carbocycles. The summed E-state index contributed by atoms with van der Waals surface area (Å²) in [4.78, 5) is 0. The first-order chi connectivity index (χ1) is 16.4. The van der Waals surface area contributed by atoms with Crippen molar-refractivity contribution < 1.29 is 62.2 Å². The van der Waals surface area contributed by atoms with E-state index < -0.39 is 92.8 Å². The molecule has 0 amide bonds. The number of halogens is 12. The maximum absolute atomic E-state index is 14.1. The summed E-state index contributed by atoms with van der Waals surface area (Å²) in [5.74, 6) is -20.2. The highest BCUT2D eigenvalue weighted by atomic mass is 19.4. The molecule has 3 rings (SSSR count). The molecule has 0 aliphatic carbocycles. The van der Waals surface area contributed by atoms with Gasteiger partial charge >= 0.3 is 12.4 Å². The van der Waals surface area contributed by atoms with Crippen LogP contribution in [-0.4, -0.2) is 0 Å². The quantitative estimate of drug-likeness (QED) is 0.209. The molecular formula is C20H8F12N2O2. The number of anilines is 2. The molecule has 0 bridgehead atoms. The number of ether oxygens (including phenoxy) is 2. The fourth-order valence-corrected chi connectivity index (χ4v) is 2.82. The largest absolute Gasteiger partial charge is 0.453 e. The zero-order chi connectivity index (χ0) is 27.3. The summed E-state index contributed by atoms with van der Waals surface area (Å²) in [6, 6.07) is 0.201. The first-order valence-electron chi connectivity index (χ1n) is 8.98. The lowest BCUT2D eigenvalue weighted by atomic mass is 10.1. The molecule has 0 radical (unpaired) electrons. The van der Waals surface area contributed by atoms with Gasteiger partial charge in [0, 0.05) is 12.1 Å². The number of nitrogens with two attached hydrogens (primary N) is 2. The minimum absolute atomic E-state index is 0.0192. The number of benzene rings is 3. The van der Waals surface area contributed by atoms with Crippen LogP contribution in [0.25, 0.3) is 0 Å². The summed E-state index contributed by atoms with van der Waals surface area (Å²) in [5.41, 5.74) is 3.03. The zero-order valence-electron chi connectivity index (χ0n) is 16.8. The van der Waals surface area contributed by atoms with Crippen LogP contribution in [0.3, 0.4) is 0 Å². The third kappa shape index (κ3) is 4.74. The molecule has 4 nitrogen and oxygen atoms in total. The number of nitrogen functional groups attached to an aromatic ring is 2. The van der Waals surface area contributed by atoms with E-state index in [2.05, 4.69) is 9.47 Å². The van der Waals surface area contributed by atoms with Crippen molar-refractivity contribution >= 4 is 11.4 Å². The smallest absolute Gasteiger partial charge is 0.423 e. The lowest BCUT2D eigenvalue weighted by Gasteiger charge is -2.22. The highest BCUT2D eigenvalue weighted by Crippen LogP contribution is 2.51. The minimum Gasteiger partial charge on any atom is -0.453 e. The van der Waals surface area contributed by atoms with Crippen molar-refractivity contribution in [3.63, 3.8) is 0 Å². The Morgan fingerprint density at radius 3 is 1.39 bits per heavy atom. The zero-order valence-corrected chi connectivity index (χ0v) is 16.8. The Labute approximate surface area is 191 Å². The Morgan fingerprint density at radius 2 is 0.972 bits per heavy atom. The summed E-state index contributed by atoms with van der Waals surface area (Å²) in [7, 11) is 0. The highest BCUT2D eigenvalue weighted by Gasteiger charge is 2.45. The van der Waals surface area contributed by atoms with Gasteiger partial charge in [0.15, 0.2) is 40.5 Å².